The Morgan fingerprint density at radius 2 is 1.50 bits per heavy atom. The molecule has 0 aromatic heterocycles. The molecule has 0 radical (unpaired) electrons. The van der Waals surface area contributed by atoms with E-state index in [4.69, 9.17) is 0 Å². The highest BCUT2D eigenvalue weighted by Gasteiger charge is 1.98. The molecule has 0 aromatic carbocycles. The second-order valence-corrected chi connectivity index (χ2v) is 5.39. The molecule has 2 atom stereocenters. The molecule has 0 rings (SSSR count). The Hall–Kier alpha value is -0.260. The van der Waals surface area contributed by atoms with Crippen LogP contribution in [0.5, 0.6) is 0 Å². The Morgan fingerprint density at radius 3 is 2.12 bits per heavy atom. The summed E-state index contributed by atoms with van der Waals surface area (Å²) in [5.41, 5.74) is 0. The van der Waals surface area contributed by atoms with E-state index in [1.165, 1.54) is 51.4 Å². The molecule has 0 N–H and O–H groups in total. The molecule has 96 valence electrons. The minimum atomic E-state index is 0.897. The Kier molecular flexibility index (Phi) is 11.0. The van der Waals surface area contributed by atoms with Gasteiger partial charge in [0.1, 0.15) is 0 Å². The Bertz CT molecular complexity index is 157. The van der Waals surface area contributed by atoms with E-state index in [-0.39, 0.29) is 0 Å². The van der Waals surface area contributed by atoms with Gasteiger partial charge in [-0.25, -0.2) is 0 Å². The van der Waals surface area contributed by atoms with Crippen LogP contribution in [0.2, 0.25) is 0 Å². The average molecular weight is 224 g/mol. The predicted molar refractivity (Wildman–Crippen MR) is 75.8 cm³/mol. The van der Waals surface area contributed by atoms with Gasteiger partial charge in [-0.1, -0.05) is 65.5 Å². The first-order valence-corrected chi connectivity index (χ1v) is 7.35. The normalized spacial score (nSPS) is 15.5. The van der Waals surface area contributed by atoms with E-state index in [1.54, 1.807) is 0 Å². The fourth-order valence-electron chi connectivity index (χ4n) is 2.04. The van der Waals surface area contributed by atoms with E-state index in [1.807, 2.05) is 0 Å². The van der Waals surface area contributed by atoms with Crippen LogP contribution in [0.1, 0.15) is 79.1 Å². The molecule has 0 aliphatic rings. The van der Waals surface area contributed by atoms with Crippen LogP contribution >= 0.6 is 0 Å². The monoisotopic (exact) mass is 224 g/mol. The van der Waals surface area contributed by atoms with E-state index in [0.717, 1.165) is 11.8 Å². The van der Waals surface area contributed by atoms with Crippen LogP contribution in [0.4, 0.5) is 0 Å². The molecule has 0 spiro atoms. The Labute approximate surface area is 104 Å². The first-order chi connectivity index (χ1) is 7.70. The highest BCUT2D eigenvalue weighted by Crippen LogP contribution is 2.14. The summed E-state index contributed by atoms with van der Waals surface area (Å²) >= 11 is 0. The lowest BCUT2D eigenvalue weighted by Gasteiger charge is -2.07. The quantitative estimate of drug-likeness (QED) is 0.316. The SMILES string of the molecule is CCCC(C)CCC/C=C/CCC(C)CC. The van der Waals surface area contributed by atoms with E-state index in [0.29, 0.717) is 0 Å². The molecule has 0 heteroatoms. The Balaban J connectivity index is 3.27. The summed E-state index contributed by atoms with van der Waals surface area (Å²) in [4.78, 5) is 0. The maximum absolute atomic E-state index is 2.39. The minimum Gasteiger partial charge on any atom is -0.0885 e. The van der Waals surface area contributed by atoms with Crippen molar-refractivity contribution in [3.8, 4) is 0 Å². The predicted octanol–water partition coefficient (Wildman–Crippen LogP) is 5.98. The van der Waals surface area contributed by atoms with Crippen LogP contribution in [-0.2, 0) is 0 Å². The van der Waals surface area contributed by atoms with Gasteiger partial charge in [0.15, 0.2) is 0 Å². The molecule has 2 unspecified atom stereocenters. The fourth-order valence-corrected chi connectivity index (χ4v) is 2.04. The zero-order chi connectivity index (χ0) is 12.2. The van der Waals surface area contributed by atoms with Crippen LogP contribution in [-0.4, -0.2) is 0 Å². The molecule has 0 aromatic rings. The molecule has 0 fully saturated rings. The average Bonchev–Trinajstić information content (AvgIpc) is 2.27. The Morgan fingerprint density at radius 1 is 0.812 bits per heavy atom. The van der Waals surface area contributed by atoms with E-state index >= 15 is 0 Å². The van der Waals surface area contributed by atoms with Crippen molar-refractivity contribution in [1.29, 1.82) is 0 Å². The van der Waals surface area contributed by atoms with Crippen molar-refractivity contribution in [2.75, 3.05) is 0 Å². The van der Waals surface area contributed by atoms with Gasteiger partial charge in [0.05, 0.1) is 0 Å². The van der Waals surface area contributed by atoms with Gasteiger partial charge in [0, 0.05) is 0 Å². The lowest BCUT2D eigenvalue weighted by Crippen LogP contribution is -1.92. The first-order valence-electron chi connectivity index (χ1n) is 7.35. The van der Waals surface area contributed by atoms with Crippen molar-refractivity contribution in [3.63, 3.8) is 0 Å². The van der Waals surface area contributed by atoms with Gasteiger partial charge in [0.25, 0.3) is 0 Å². The molecule has 16 heavy (non-hydrogen) atoms. The summed E-state index contributed by atoms with van der Waals surface area (Å²) in [6.45, 7) is 9.30. The molecule has 0 saturated carbocycles. The van der Waals surface area contributed by atoms with Crippen molar-refractivity contribution in [2.24, 2.45) is 11.8 Å². The first kappa shape index (κ1) is 15.7. The number of hydrogen-bond donors (Lipinski definition) is 0. The van der Waals surface area contributed by atoms with Crippen molar-refractivity contribution in [1.82, 2.24) is 0 Å². The second-order valence-electron chi connectivity index (χ2n) is 5.39. The van der Waals surface area contributed by atoms with Crippen molar-refractivity contribution in [3.05, 3.63) is 12.2 Å². The molecule has 0 amide bonds. The lowest BCUT2D eigenvalue weighted by molar-refractivity contribution is 0.471. The molecule has 0 bridgehead atoms. The summed E-state index contributed by atoms with van der Waals surface area (Å²) < 4.78 is 0. The van der Waals surface area contributed by atoms with Crippen molar-refractivity contribution >= 4 is 0 Å². The van der Waals surface area contributed by atoms with Gasteiger partial charge in [-0.15, -0.1) is 0 Å². The number of rotatable bonds is 10. The molecule has 0 nitrogen and oxygen atoms in total. The zero-order valence-corrected chi connectivity index (χ0v) is 12.0. The van der Waals surface area contributed by atoms with E-state index in [9.17, 15) is 0 Å². The largest absolute Gasteiger partial charge is 0.0885 e. The maximum atomic E-state index is 2.39. The molecule has 0 saturated heterocycles. The second kappa shape index (κ2) is 11.2. The summed E-state index contributed by atoms with van der Waals surface area (Å²) in [6, 6.07) is 0. The molecule has 0 heterocycles. The molecular weight excluding hydrogens is 192 g/mol. The standard InChI is InChI=1S/C16H32/c1-5-12-16(4)14-11-9-7-8-10-13-15(3)6-2/h7-8,15-16H,5-6,9-14H2,1-4H3/b8-7+. The summed E-state index contributed by atoms with van der Waals surface area (Å²) in [5.74, 6) is 1.83. The highest BCUT2D eigenvalue weighted by atomic mass is 14.0. The third-order valence-electron chi connectivity index (χ3n) is 3.54. The number of unbranched alkanes of at least 4 members (excludes halogenated alkanes) is 1. The molecule has 0 aliphatic carbocycles. The molecule has 0 aliphatic heterocycles. The number of allylic oxidation sites excluding steroid dienone is 2. The van der Waals surface area contributed by atoms with Crippen molar-refractivity contribution in [2.45, 2.75) is 79.1 Å². The summed E-state index contributed by atoms with van der Waals surface area (Å²) in [7, 11) is 0. The van der Waals surface area contributed by atoms with Crippen LogP contribution in [0.25, 0.3) is 0 Å². The van der Waals surface area contributed by atoms with Crippen molar-refractivity contribution < 1.29 is 0 Å². The lowest BCUT2D eigenvalue weighted by atomic mass is 9.99. The van der Waals surface area contributed by atoms with E-state index < -0.39 is 0 Å². The van der Waals surface area contributed by atoms with Crippen LogP contribution in [0.15, 0.2) is 12.2 Å². The fraction of sp³-hybridized carbons (Fsp3) is 0.875. The van der Waals surface area contributed by atoms with Crippen LogP contribution in [0.3, 0.4) is 0 Å². The highest BCUT2D eigenvalue weighted by molar-refractivity contribution is 4.82. The van der Waals surface area contributed by atoms with E-state index in [2.05, 4.69) is 39.8 Å². The number of hydrogen-bond acceptors (Lipinski definition) is 0. The smallest absolute Gasteiger partial charge is 0.0348 e. The van der Waals surface area contributed by atoms with Crippen LogP contribution in [0, 0.1) is 11.8 Å². The van der Waals surface area contributed by atoms with Gasteiger partial charge in [-0.3, -0.25) is 0 Å². The van der Waals surface area contributed by atoms with Gasteiger partial charge >= 0.3 is 0 Å². The summed E-state index contributed by atoms with van der Waals surface area (Å²) in [5, 5.41) is 0. The van der Waals surface area contributed by atoms with Gasteiger partial charge in [-0.05, 0) is 37.5 Å². The zero-order valence-electron chi connectivity index (χ0n) is 12.0. The maximum Gasteiger partial charge on any atom is -0.0348 e. The van der Waals surface area contributed by atoms with Gasteiger partial charge in [0.2, 0.25) is 0 Å². The topological polar surface area (TPSA) is 0 Å². The van der Waals surface area contributed by atoms with Gasteiger partial charge in [-0.2, -0.15) is 0 Å². The molecular formula is C16H32. The van der Waals surface area contributed by atoms with Gasteiger partial charge < -0.3 is 0 Å². The summed E-state index contributed by atoms with van der Waals surface area (Å²) in [6.07, 6.45) is 15.5. The third-order valence-corrected chi connectivity index (χ3v) is 3.54. The third kappa shape index (κ3) is 10.3. The minimum absolute atomic E-state index is 0.897. The van der Waals surface area contributed by atoms with Crippen LogP contribution < -0.4 is 0 Å².